The summed E-state index contributed by atoms with van der Waals surface area (Å²) in [5.74, 6) is 1.77. The zero-order valence-electron chi connectivity index (χ0n) is 16.6. The summed E-state index contributed by atoms with van der Waals surface area (Å²) in [5.41, 5.74) is 1.09. The van der Waals surface area contributed by atoms with Crippen molar-refractivity contribution in [2.75, 3.05) is 5.75 Å². The van der Waals surface area contributed by atoms with Crippen LogP contribution in [0, 0.1) is 0 Å². The first-order chi connectivity index (χ1) is 14.2. The molecule has 152 valence electrons. The predicted molar refractivity (Wildman–Crippen MR) is 114 cm³/mol. The predicted octanol–water partition coefficient (Wildman–Crippen LogP) is 5.01. The first kappa shape index (κ1) is 19.8. The average Bonchev–Trinajstić information content (AvgIpc) is 3.43. The Morgan fingerprint density at radius 2 is 1.97 bits per heavy atom. The van der Waals surface area contributed by atoms with Gasteiger partial charge in [0.2, 0.25) is 11.7 Å². The Morgan fingerprint density at radius 3 is 2.69 bits per heavy atom. The molecule has 0 radical (unpaired) electrons. The van der Waals surface area contributed by atoms with Crippen molar-refractivity contribution in [2.45, 2.75) is 56.3 Å². The molecule has 1 atom stereocenters. The topological polar surface area (TPSA) is 73.0 Å². The van der Waals surface area contributed by atoms with E-state index in [9.17, 15) is 4.79 Å². The SMILES string of the molecule is C[C@@H](NC(=O)CSc1nnc(-c2ccco2)n1C1CCCCC1)c1ccccc1. The van der Waals surface area contributed by atoms with Gasteiger partial charge in [0.05, 0.1) is 18.1 Å². The largest absolute Gasteiger partial charge is 0.461 e. The molecule has 4 rings (SSSR count). The number of benzene rings is 1. The molecule has 2 heterocycles. The summed E-state index contributed by atoms with van der Waals surface area (Å²) in [4.78, 5) is 12.5. The molecule has 3 aromatic rings. The lowest BCUT2D eigenvalue weighted by molar-refractivity contribution is -0.119. The number of hydrogen-bond donors (Lipinski definition) is 1. The maximum atomic E-state index is 12.5. The third-order valence-corrected chi connectivity index (χ3v) is 6.30. The fraction of sp³-hybridized carbons (Fsp3) is 0.409. The maximum absolute atomic E-state index is 12.5. The molecule has 0 unspecified atom stereocenters. The molecule has 1 saturated carbocycles. The lowest BCUT2D eigenvalue weighted by Crippen LogP contribution is -2.28. The Labute approximate surface area is 175 Å². The quantitative estimate of drug-likeness (QED) is 0.554. The summed E-state index contributed by atoms with van der Waals surface area (Å²) in [6.45, 7) is 2.00. The molecule has 1 aliphatic rings. The fourth-order valence-corrected chi connectivity index (χ4v) is 4.67. The van der Waals surface area contributed by atoms with E-state index >= 15 is 0 Å². The highest BCUT2D eigenvalue weighted by molar-refractivity contribution is 7.99. The van der Waals surface area contributed by atoms with Gasteiger partial charge in [-0.15, -0.1) is 10.2 Å². The minimum absolute atomic E-state index is 0.0101. The first-order valence-electron chi connectivity index (χ1n) is 10.2. The summed E-state index contributed by atoms with van der Waals surface area (Å²) in [7, 11) is 0. The normalized spacial score (nSPS) is 15.9. The van der Waals surface area contributed by atoms with Crippen LogP contribution in [-0.4, -0.2) is 26.4 Å². The van der Waals surface area contributed by atoms with E-state index in [1.807, 2.05) is 49.4 Å². The van der Waals surface area contributed by atoms with Crippen molar-refractivity contribution in [1.82, 2.24) is 20.1 Å². The van der Waals surface area contributed by atoms with Crippen molar-refractivity contribution in [3.05, 3.63) is 54.3 Å². The van der Waals surface area contributed by atoms with E-state index in [4.69, 9.17) is 4.42 Å². The van der Waals surface area contributed by atoms with Gasteiger partial charge in [-0.1, -0.05) is 61.4 Å². The molecule has 0 spiro atoms. The van der Waals surface area contributed by atoms with Gasteiger partial charge in [0, 0.05) is 6.04 Å². The van der Waals surface area contributed by atoms with Crippen molar-refractivity contribution < 1.29 is 9.21 Å². The van der Waals surface area contributed by atoms with Crippen LogP contribution in [0.3, 0.4) is 0 Å². The molecule has 29 heavy (non-hydrogen) atoms. The van der Waals surface area contributed by atoms with Crippen LogP contribution in [-0.2, 0) is 4.79 Å². The van der Waals surface area contributed by atoms with E-state index in [1.165, 1.54) is 31.0 Å². The van der Waals surface area contributed by atoms with Crippen molar-refractivity contribution >= 4 is 17.7 Å². The van der Waals surface area contributed by atoms with E-state index < -0.39 is 0 Å². The van der Waals surface area contributed by atoms with E-state index in [0.717, 1.165) is 35.1 Å². The highest BCUT2D eigenvalue weighted by Crippen LogP contribution is 2.35. The standard InChI is InChI=1S/C22H26N4O2S/c1-16(17-9-4-2-5-10-17)23-20(27)15-29-22-25-24-21(19-13-8-14-28-19)26(22)18-11-6-3-7-12-18/h2,4-5,8-10,13-14,16,18H,3,6-7,11-12,15H2,1H3,(H,23,27)/t16-/m1/s1. The Bertz CT molecular complexity index is 918. The van der Waals surface area contributed by atoms with E-state index in [-0.39, 0.29) is 11.9 Å². The third kappa shape index (κ3) is 4.72. The number of hydrogen-bond acceptors (Lipinski definition) is 5. The lowest BCUT2D eigenvalue weighted by Gasteiger charge is -2.25. The molecule has 1 aliphatic carbocycles. The van der Waals surface area contributed by atoms with Crippen molar-refractivity contribution in [3.63, 3.8) is 0 Å². The number of aromatic nitrogens is 3. The van der Waals surface area contributed by atoms with Crippen LogP contribution in [0.5, 0.6) is 0 Å². The Morgan fingerprint density at radius 1 is 1.17 bits per heavy atom. The summed E-state index contributed by atoms with van der Waals surface area (Å²) in [6, 6.07) is 14.1. The molecule has 0 bridgehead atoms. The van der Waals surface area contributed by atoms with Crippen LogP contribution in [0.15, 0.2) is 58.3 Å². The second-order valence-electron chi connectivity index (χ2n) is 7.43. The van der Waals surface area contributed by atoms with Crippen molar-refractivity contribution in [1.29, 1.82) is 0 Å². The number of nitrogens with zero attached hydrogens (tertiary/aromatic N) is 3. The Hall–Kier alpha value is -2.54. The van der Waals surface area contributed by atoms with Gasteiger partial charge in [-0.3, -0.25) is 9.36 Å². The molecule has 1 amide bonds. The molecule has 6 nitrogen and oxygen atoms in total. The maximum Gasteiger partial charge on any atom is 0.230 e. The van der Waals surface area contributed by atoms with Gasteiger partial charge in [-0.2, -0.15) is 0 Å². The second-order valence-corrected chi connectivity index (χ2v) is 8.38. The first-order valence-corrected chi connectivity index (χ1v) is 11.2. The third-order valence-electron chi connectivity index (χ3n) is 5.36. The zero-order valence-corrected chi connectivity index (χ0v) is 17.4. The van der Waals surface area contributed by atoms with Crippen molar-refractivity contribution in [2.24, 2.45) is 0 Å². The summed E-state index contributed by atoms with van der Waals surface area (Å²) in [5, 5.41) is 12.6. The lowest BCUT2D eigenvalue weighted by atomic mass is 9.95. The monoisotopic (exact) mass is 410 g/mol. The zero-order chi connectivity index (χ0) is 20.1. The average molecular weight is 411 g/mol. The number of rotatable bonds is 7. The number of thioether (sulfide) groups is 1. The summed E-state index contributed by atoms with van der Waals surface area (Å²) in [6.07, 6.45) is 7.56. The van der Waals surface area contributed by atoms with Crippen LogP contribution < -0.4 is 5.32 Å². The van der Waals surface area contributed by atoms with Gasteiger partial charge in [-0.05, 0) is 37.5 Å². The van der Waals surface area contributed by atoms with Crippen molar-refractivity contribution in [3.8, 4) is 11.6 Å². The van der Waals surface area contributed by atoms with Crippen LogP contribution in [0.25, 0.3) is 11.6 Å². The number of nitrogens with one attached hydrogen (secondary N) is 1. The number of furan rings is 1. The highest BCUT2D eigenvalue weighted by Gasteiger charge is 2.25. The summed E-state index contributed by atoms with van der Waals surface area (Å²) >= 11 is 1.44. The van der Waals surface area contributed by atoms with Crippen LogP contribution in [0.4, 0.5) is 0 Å². The highest BCUT2D eigenvalue weighted by atomic mass is 32.2. The number of carbonyl (C=O) groups excluding carboxylic acids is 1. The van der Waals surface area contributed by atoms with Gasteiger partial charge in [0.1, 0.15) is 0 Å². The van der Waals surface area contributed by atoms with E-state index in [2.05, 4.69) is 20.1 Å². The fourth-order valence-electron chi connectivity index (χ4n) is 3.86. The van der Waals surface area contributed by atoms with Crippen LogP contribution in [0.2, 0.25) is 0 Å². The van der Waals surface area contributed by atoms with Crippen LogP contribution >= 0.6 is 11.8 Å². The molecule has 0 saturated heterocycles. The second kappa shape index (κ2) is 9.31. The molecule has 2 aromatic heterocycles. The van der Waals surface area contributed by atoms with Gasteiger partial charge in [0.15, 0.2) is 10.9 Å². The summed E-state index contributed by atoms with van der Waals surface area (Å²) < 4.78 is 7.76. The van der Waals surface area contributed by atoms with E-state index in [1.54, 1.807) is 6.26 Å². The minimum Gasteiger partial charge on any atom is -0.461 e. The molecule has 7 heteroatoms. The molecular weight excluding hydrogens is 384 g/mol. The molecule has 1 aromatic carbocycles. The molecular formula is C22H26N4O2S. The van der Waals surface area contributed by atoms with E-state index in [0.29, 0.717) is 11.8 Å². The Kier molecular flexibility index (Phi) is 6.34. The molecule has 1 fully saturated rings. The van der Waals surface area contributed by atoms with Gasteiger partial charge >= 0.3 is 0 Å². The van der Waals surface area contributed by atoms with Crippen LogP contribution in [0.1, 0.15) is 56.7 Å². The van der Waals surface area contributed by atoms with Gasteiger partial charge < -0.3 is 9.73 Å². The van der Waals surface area contributed by atoms with Gasteiger partial charge in [0.25, 0.3) is 0 Å². The molecule has 1 N–H and O–H groups in total. The minimum atomic E-state index is -0.0285. The van der Waals surface area contributed by atoms with Gasteiger partial charge in [-0.25, -0.2) is 0 Å². The Balaban J connectivity index is 1.46. The molecule has 0 aliphatic heterocycles. The number of amides is 1. The number of carbonyl (C=O) groups is 1. The smallest absolute Gasteiger partial charge is 0.230 e.